The minimum atomic E-state index is -0.0753. The van der Waals surface area contributed by atoms with Crippen LogP contribution < -0.4 is 20.9 Å². The summed E-state index contributed by atoms with van der Waals surface area (Å²) in [7, 11) is 0. The van der Waals surface area contributed by atoms with Crippen molar-refractivity contribution in [3.63, 3.8) is 0 Å². The fourth-order valence-electron chi connectivity index (χ4n) is 5.40. The highest BCUT2D eigenvalue weighted by Crippen LogP contribution is 2.33. The van der Waals surface area contributed by atoms with E-state index in [-0.39, 0.29) is 18.5 Å². The number of nitrogens with zero attached hydrogens (tertiary/aromatic N) is 3. The molecule has 0 aliphatic carbocycles. The number of imidazole rings is 1. The average Bonchev–Trinajstić information content (AvgIpc) is 3.64. The van der Waals surface area contributed by atoms with E-state index in [2.05, 4.69) is 4.57 Å². The number of nitrogen functional groups attached to an aromatic ring is 1. The molecule has 1 aliphatic heterocycles. The number of amidine groups is 1. The summed E-state index contributed by atoms with van der Waals surface area (Å²) < 4.78 is 13.3. The second-order valence-electron chi connectivity index (χ2n) is 10.6. The van der Waals surface area contributed by atoms with Crippen molar-refractivity contribution >= 4 is 22.8 Å². The molecule has 218 valence electrons. The lowest BCUT2D eigenvalue weighted by Gasteiger charge is -2.22. The normalized spacial score (nSPS) is 12.0. The molecule has 5 aromatic rings. The summed E-state index contributed by atoms with van der Waals surface area (Å²) in [5, 5.41) is 7.65. The molecule has 0 bridgehead atoms. The lowest BCUT2D eigenvalue weighted by atomic mass is 10.1. The number of hydrogen-bond donors (Lipinski definition) is 3. The molecule has 1 aromatic heterocycles. The second kappa shape index (κ2) is 12.4. The Balaban J connectivity index is 1.31. The molecule has 0 fully saturated rings. The minimum absolute atomic E-state index is 0.0521. The first-order valence-corrected chi connectivity index (χ1v) is 14.3. The summed E-state index contributed by atoms with van der Waals surface area (Å²) >= 11 is 0. The number of amides is 1. The number of rotatable bonds is 11. The number of aromatic nitrogens is 2. The maximum absolute atomic E-state index is 13.6. The van der Waals surface area contributed by atoms with Gasteiger partial charge in [-0.3, -0.25) is 10.2 Å². The molecular weight excluding hydrogens is 540 g/mol. The maximum Gasteiger partial charge on any atom is 0.254 e. The topological polar surface area (TPSA) is 132 Å². The molecule has 1 amide bonds. The van der Waals surface area contributed by atoms with E-state index in [0.29, 0.717) is 43.7 Å². The van der Waals surface area contributed by atoms with E-state index in [1.54, 1.807) is 4.90 Å². The van der Waals surface area contributed by atoms with E-state index in [4.69, 9.17) is 31.3 Å². The molecule has 9 nitrogen and oxygen atoms in total. The summed E-state index contributed by atoms with van der Waals surface area (Å²) in [6.45, 7) is 2.14. The van der Waals surface area contributed by atoms with Crippen LogP contribution in [0.5, 0.6) is 11.5 Å². The molecule has 0 saturated heterocycles. The molecule has 4 aromatic carbocycles. The molecule has 0 unspecified atom stereocenters. The predicted octanol–water partition coefficient (Wildman–Crippen LogP) is 4.48. The van der Waals surface area contributed by atoms with E-state index in [1.807, 2.05) is 91.0 Å². The lowest BCUT2D eigenvalue weighted by Crippen LogP contribution is -2.34. The van der Waals surface area contributed by atoms with E-state index in [0.717, 1.165) is 51.5 Å². The van der Waals surface area contributed by atoms with Crippen LogP contribution in [0.1, 0.15) is 38.4 Å². The van der Waals surface area contributed by atoms with Crippen molar-refractivity contribution in [2.75, 3.05) is 19.9 Å². The van der Waals surface area contributed by atoms with Gasteiger partial charge in [-0.25, -0.2) is 4.98 Å². The zero-order valence-corrected chi connectivity index (χ0v) is 23.8. The zero-order chi connectivity index (χ0) is 29.8. The van der Waals surface area contributed by atoms with Gasteiger partial charge in [0.05, 0.1) is 11.0 Å². The van der Waals surface area contributed by atoms with Crippen molar-refractivity contribution < 1.29 is 14.3 Å². The number of aryl methyl sites for hydroxylation is 2. The van der Waals surface area contributed by atoms with Crippen molar-refractivity contribution in [2.45, 2.75) is 25.9 Å². The molecule has 0 spiro atoms. The number of ether oxygens (including phenoxy) is 2. The smallest absolute Gasteiger partial charge is 0.254 e. The summed E-state index contributed by atoms with van der Waals surface area (Å²) in [6, 6.07) is 29.4. The number of hydrogen-bond acceptors (Lipinski definition) is 6. The van der Waals surface area contributed by atoms with Gasteiger partial charge in [0.25, 0.3) is 5.91 Å². The summed E-state index contributed by atoms with van der Waals surface area (Å²) in [5.41, 5.74) is 17.7. The third-order valence-corrected chi connectivity index (χ3v) is 7.66. The van der Waals surface area contributed by atoms with Crippen LogP contribution >= 0.6 is 0 Å². The van der Waals surface area contributed by atoms with Crippen LogP contribution in [0, 0.1) is 5.41 Å². The quantitative estimate of drug-likeness (QED) is 0.157. The Morgan fingerprint density at radius 2 is 1.60 bits per heavy atom. The third-order valence-electron chi connectivity index (χ3n) is 7.66. The van der Waals surface area contributed by atoms with Crippen molar-refractivity contribution in [3.05, 3.63) is 125 Å². The summed E-state index contributed by atoms with van der Waals surface area (Å²) in [5.74, 6) is 2.37. The minimum Gasteiger partial charge on any atom is -0.454 e. The van der Waals surface area contributed by atoms with Crippen molar-refractivity contribution in [2.24, 2.45) is 11.5 Å². The predicted molar refractivity (Wildman–Crippen MR) is 167 cm³/mol. The van der Waals surface area contributed by atoms with Gasteiger partial charge in [0.15, 0.2) is 11.5 Å². The maximum atomic E-state index is 13.6. The van der Waals surface area contributed by atoms with Crippen LogP contribution in [-0.4, -0.2) is 46.1 Å². The number of fused-ring (bicyclic) bond motifs is 2. The third kappa shape index (κ3) is 6.22. The van der Waals surface area contributed by atoms with Gasteiger partial charge in [0, 0.05) is 43.7 Å². The van der Waals surface area contributed by atoms with Gasteiger partial charge in [0.2, 0.25) is 6.79 Å². The first-order chi connectivity index (χ1) is 21.0. The van der Waals surface area contributed by atoms with Crippen molar-refractivity contribution in [1.82, 2.24) is 14.5 Å². The number of carbonyl (C=O) groups is 1. The highest BCUT2D eigenvalue weighted by atomic mass is 16.7. The van der Waals surface area contributed by atoms with Crippen molar-refractivity contribution in [1.29, 1.82) is 5.41 Å². The van der Waals surface area contributed by atoms with Crippen LogP contribution in [0.3, 0.4) is 0 Å². The van der Waals surface area contributed by atoms with E-state index < -0.39 is 0 Å². The first kappa shape index (κ1) is 28.0. The SMILES string of the molecule is N=C(N)c1ccc(CCc2nc3cc(C(=O)N(CCN)Cc4ccccc4)ccc3n2Cc2ccc3c(c2)OCO3)cc1. The van der Waals surface area contributed by atoms with Gasteiger partial charge >= 0.3 is 0 Å². The number of nitrogens with two attached hydrogens (primary N) is 2. The molecule has 9 heteroatoms. The highest BCUT2D eigenvalue weighted by Gasteiger charge is 2.20. The van der Waals surface area contributed by atoms with E-state index in [9.17, 15) is 4.79 Å². The molecule has 1 aliphatic rings. The monoisotopic (exact) mass is 574 g/mol. The molecule has 0 atom stereocenters. The van der Waals surface area contributed by atoms with Gasteiger partial charge in [-0.2, -0.15) is 0 Å². The van der Waals surface area contributed by atoms with Gasteiger partial charge in [-0.05, 0) is 53.4 Å². The molecule has 43 heavy (non-hydrogen) atoms. The first-order valence-electron chi connectivity index (χ1n) is 14.3. The van der Waals surface area contributed by atoms with Crippen LogP contribution in [0.15, 0.2) is 91.0 Å². The average molecular weight is 575 g/mol. The van der Waals surface area contributed by atoms with Gasteiger partial charge in [-0.1, -0.05) is 60.7 Å². The molecular formula is C34H34N6O3. The van der Waals surface area contributed by atoms with Crippen LogP contribution in [0.25, 0.3) is 11.0 Å². The molecule has 0 radical (unpaired) electrons. The molecule has 0 saturated carbocycles. The van der Waals surface area contributed by atoms with Gasteiger partial charge < -0.3 is 30.4 Å². The van der Waals surface area contributed by atoms with Crippen LogP contribution in [-0.2, 0) is 25.9 Å². The van der Waals surface area contributed by atoms with Crippen LogP contribution in [0.2, 0.25) is 0 Å². The number of benzene rings is 4. The van der Waals surface area contributed by atoms with Gasteiger partial charge in [0.1, 0.15) is 11.7 Å². The second-order valence-corrected chi connectivity index (χ2v) is 10.6. The summed E-state index contributed by atoms with van der Waals surface area (Å²) in [4.78, 5) is 20.5. The fourth-order valence-corrected chi connectivity index (χ4v) is 5.40. The summed E-state index contributed by atoms with van der Waals surface area (Å²) in [6.07, 6.45) is 1.45. The van der Waals surface area contributed by atoms with Gasteiger partial charge in [-0.15, -0.1) is 0 Å². The lowest BCUT2D eigenvalue weighted by molar-refractivity contribution is 0.0748. The Hall–Kier alpha value is -5.15. The Labute approximate surface area is 250 Å². The zero-order valence-electron chi connectivity index (χ0n) is 23.8. The number of carbonyl (C=O) groups excluding carboxylic acids is 1. The van der Waals surface area contributed by atoms with E-state index >= 15 is 0 Å². The fraction of sp³-hybridized carbons (Fsp3) is 0.206. The number of nitrogens with one attached hydrogen (secondary N) is 1. The Morgan fingerprint density at radius 1 is 0.860 bits per heavy atom. The highest BCUT2D eigenvalue weighted by molar-refractivity contribution is 5.97. The standard InChI is InChI=1S/C34H34N6O3/c35-16-17-39(20-24-4-2-1-3-5-24)34(41)27-12-13-29-28(19-27)38-32(15-9-23-6-10-26(11-7-23)33(36)37)40(29)21-25-8-14-30-31(18-25)43-22-42-30/h1-8,10-14,18-19H,9,15-17,20-22,35H2,(H3,36,37). The Bertz CT molecular complexity index is 1770. The molecule has 6 rings (SSSR count). The van der Waals surface area contributed by atoms with Crippen LogP contribution in [0.4, 0.5) is 0 Å². The molecule has 5 N–H and O–H groups in total. The van der Waals surface area contributed by atoms with E-state index in [1.165, 1.54) is 0 Å². The largest absolute Gasteiger partial charge is 0.454 e. The molecule has 2 heterocycles. The Morgan fingerprint density at radius 3 is 2.37 bits per heavy atom. The Kier molecular flexibility index (Phi) is 8.06. The van der Waals surface area contributed by atoms with Crippen molar-refractivity contribution in [3.8, 4) is 11.5 Å².